The van der Waals surface area contributed by atoms with Crippen LogP contribution in [0.3, 0.4) is 0 Å². The van der Waals surface area contributed by atoms with E-state index in [4.69, 9.17) is 0 Å². The van der Waals surface area contributed by atoms with Crippen LogP contribution in [0.5, 0.6) is 0 Å². The molecule has 0 aromatic heterocycles. The third-order valence-corrected chi connectivity index (χ3v) is 2.50. The molecule has 0 aromatic carbocycles. The Morgan fingerprint density at radius 3 is 1.91 bits per heavy atom. The monoisotopic (exact) mass is 323 g/mol. The third-order valence-electron chi connectivity index (χ3n) is 1.78. The second kappa shape index (κ2) is 5.99. The quantitative estimate of drug-likeness (QED) is 0.767. The Bertz CT molecular complexity index is 130. The van der Waals surface area contributed by atoms with Crippen molar-refractivity contribution in [1.82, 2.24) is 4.90 Å². The number of hydrogen-bond acceptors (Lipinski definition) is 1. The molecular weight excluding hydrogens is 305 g/mol. The molecule has 0 atom stereocenters. The van der Waals surface area contributed by atoms with Crippen LogP contribution in [-0.4, -0.2) is 30.1 Å². The zero-order valence-electron chi connectivity index (χ0n) is 7.91. The molecule has 0 aliphatic rings. The summed E-state index contributed by atoms with van der Waals surface area (Å²) in [5, 5.41) is 0. The molecule has 0 radical (unpaired) electrons. The van der Waals surface area contributed by atoms with Crippen LogP contribution in [-0.2, 0) is 20.7 Å². The van der Waals surface area contributed by atoms with Crippen molar-refractivity contribution in [3.05, 3.63) is 3.15 Å². The van der Waals surface area contributed by atoms with E-state index in [1.807, 2.05) is 0 Å². The fraction of sp³-hybridized carbons (Fsp3) is 1.00. The molecule has 0 aromatic rings. The van der Waals surface area contributed by atoms with Crippen molar-refractivity contribution in [3.8, 4) is 0 Å². The van der Waals surface area contributed by atoms with Crippen LogP contribution >= 0.6 is 0 Å². The van der Waals surface area contributed by atoms with Gasteiger partial charge in [0.15, 0.2) is 0 Å². The first kappa shape index (κ1) is 11.4. The SMILES string of the molecule is CC(C)N(CC[N+]#[Ta])C(C)C. The van der Waals surface area contributed by atoms with Crippen molar-refractivity contribution in [2.45, 2.75) is 39.8 Å². The first-order chi connectivity index (χ1) is 5.09. The molecule has 0 fully saturated rings. The van der Waals surface area contributed by atoms with E-state index < -0.39 is 0 Å². The zero-order valence-corrected chi connectivity index (χ0v) is 11.1. The molecule has 0 spiro atoms. The van der Waals surface area contributed by atoms with Gasteiger partial charge in [-0.15, -0.1) is 0 Å². The predicted molar refractivity (Wildman–Crippen MR) is 45.2 cm³/mol. The van der Waals surface area contributed by atoms with Gasteiger partial charge in [0, 0.05) is 0 Å². The molecular formula is C8H18N2Ta+. The van der Waals surface area contributed by atoms with E-state index in [0.29, 0.717) is 12.1 Å². The summed E-state index contributed by atoms with van der Waals surface area (Å²) in [6.07, 6.45) is 0. The summed E-state index contributed by atoms with van der Waals surface area (Å²) in [7, 11) is 0. The maximum absolute atomic E-state index is 4.21. The van der Waals surface area contributed by atoms with Crippen molar-refractivity contribution in [2.24, 2.45) is 0 Å². The number of hydrogen-bond donors (Lipinski definition) is 0. The third kappa shape index (κ3) is 4.78. The average molecular weight is 323 g/mol. The van der Waals surface area contributed by atoms with Gasteiger partial charge < -0.3 is 0 Å². The van der Waals surface area contributed by atoms with Crippen LogP contribution in [0.4, 0.5) is 0 Å². The van der Waals surface area contributed by atoms with Crippen molar-refractivity contribution < 1.29 is 20.7 Å². The van der Waals surface area contributed by atoms with Gasteiger partial charge in [-0.1, -0.05) is 0 Å². The summed E-state index contributed by atoms with van der Waals surface area (Å²) < 4.78 is 4.21. The molecule has 0 saturated heterocycles. The molecule has 0 amide bonds. The molecule has 0 aliphatic heterocycles. The first-order valence-electron chi connectivity index (χ1n) is 4.16. The normalized spacial score (nSPS) is 11.1. The molecule has 3 heteroatoms. The molecule has 2 nitrogen and oxygen atoms in total. The average Bonchev–Trinajstić information content (AvgIpc) is 1.87. The van der Waals surface area contributed by atoms with Gasteiger partial charge in [0.1, 0.15) is 0 Å². The van der Waals surface area contributed by atoms with Crippen LogP contribution < -0.4 is 0 Å². The standard InChI is InChI=1S/C8H18N2.Ta/c1-7(2)10(6-5-9)8(3)4;/h7-8H,5-6H2,1-4H3;/q+1;. The van der Waals surface area contributed by atoms with E-state index in [1.165, 1.54) is 0 Å². The second-order valence-corrected chi connectivity index (χ2v) is 4.31. The summed E-state index contributed by atoms with van der Waals surface area (Å²) in [6, 6.07) is 1.30. The fourth-order valence-electron chi connectivity index (χ4n) is 1.27. The van der Waals surface area contributed by atoms with E-state index in [9.17, 15) is 0 Å². The van der Waals surface area contributed by atoms with Crippen LogP contribution in [0.2, 0.25) is 0 Å². The Hall–Kier alpha value is 0.410. The zero-order chi connectivity index (χ0) is 8.85. The predicted octanol–water partition coefficient (Wildman–Crippen LogP) is 1.94. The van der Waals surface area contributed by atoms with Gasteiger partial charge in [-0.05, 0) is 0 Å². The molecule has 64 valence electrons. The van der Waals surface area contributed by atoms with Gasteiger partial charge in [0.25, 0.3) is 0 Å². The summed E-state index contributed by atoms with van der Waals surface area (Å²) >= 11 is 1.16. The molecule has 0 unspecified atom stereocenters. The van der Waals surface area contributed by atoms with Gasteiger partial charge in [0.2, 0.25) is 0 Å². The molecule has 0 bridgehead atoms. The van der Waals surface area contributed by atoms with Gasteiger partial charge in [-0.25, -0.2) is 0 Å². The van der Waals surface area contributed by atoms with E-state index >= 15 is 0 Å². The Balaban J connectivity index is 3.82. The Labute approximate surface area is 81.8 Å². The van der Waals surface area contributed by atoms with Crippen LogP contribution in [0.1, 0.15) is 27.7 Å². The summed E-state index contributed by atoms with van der Waals surface area (Å²) in [6.45, 7) is 11.1. The van der Waals surface area contributed by atoms with Gasteiger partial charge in [-0.2, -0.15) is 0 Å². The fourth-order valence-corrected chi connectivity index (χ4v) is 1.59. The van der Waals surface area contributed by atoms with E-state index in [2.05, 4.69) is 35.7 Å². The molecule has 0 aliphatic carbocycles. The Morgan fingerprint density at radius 1 is 1.18 bits per heavy atom. The van der Waals surface area contributed by atoms with Crippen LogP contribution in [0.25, 0.3) is 3.15 Å². The summed E-state index contributed by atoms with van der Waals surface area (Å²) in [5.41, 5.74) is 0. The summed E-state index contributed by atoms with van der Waals surface area (Å²) in [4.78, 5) is 2.47. The van der Waals surface area contributed by atoms with Crippen LogP contribution in [0.15, 0.2) is 0 Å². The van der Waals surface area contributed by atoms with E-state index in [0.717, 1.165) is 33.8 Å². The molecule has 11 heavy (non-hydrogen) atoms. The van der Waals surface area contributed by atoms with E-state index in [-0.39, 0.29) is 0 Å². The maximum atomic E-state index is 4.21. The molecule has 0 heterocycles. The topological polar surface area (TPSA) is 7.60 Å². The van der Waals surface area contributed by atoms with Crippen molar-refractivity contribution in [3.63, 3.8) is 0 Å². The molecule has 0 rings (SSSR count). The van der Waals surface area contributed by atoms with E-state index in [1.54, 1.807) is 0 Å². The Morgan fingerprint density at radius 2 is 1.64 bits per heavy atom. The minimum atomic E-state index is 0.648. The molecule has 0 N–H and O–H groups in total. The van der Waals surface area contributed by atoms with Gasteiger partial charge in [-0.3, -0.25) is 0 Å². The van der Waals surface area contributed by atoms with Crippen molar-refractivity contribution in [1.29, 1.82) is 0 Å². The Kier molecular flexibility index (Phi) is 6.21. The first-order valence-corrected chi connectivity index (χ1v) is 5.60. The van der Waals surface area contributed by atoms with Gasteiger partial charge >= 0.3 is 81.6 Å². The minimum absolute atomic E-state index is 0.648. The van der Waals surface area contributed by atoms with Gasteiger partial charge in [0.05, 0.1) is 0 Å². The number of rotatable bonds is 4. The van der Waals surface area contributed by atoms with Crippen LogP contribution in [0, 0.1) is 0 Å². The molecule has 0 saturated carbocycles. The van der Waals surface area contributed by atoms with Crippen molar-refractivity contribution >= 4 is 0 Å². The summed E-state index contributed by atoms with van der Waals surface area (Å²) in [5.74, 6) is 0. The number of nitrogens with zero attached hydrogens (tertiary/aromatic N) is 2. The second-order valence-electron chi connectivity index (χ2n) is 3.29. The van der Waals surface area contributed by atoms with Crippen molar-refractivity contribution in [2.75, 3.05) is 13.1 Å².